The van der Waals surface area contributed by atoms with E-state index in [2.05, 4.69) is 6.92 Å². The maximum atomic E-state index is 13.4. The molecule has 1 N–H and O–H groups in total. The molecule has 9 fully saturated rings. The van der Waals surface area contributed by atoms with Gasteiger partial charge in [0.1, 0.15) is 0 Å². The van der Waals surface area contributed by atoms with Gasteiger partial charge in [0.05, 0.1) is 17.1 Å². The van der Waals surface area contributed by atoms with Crippen LogP contribution >= 0.6 is 0 Å². The molecule has 33 heavy (non-hydrogen) atoms. The largest absolute Gasteiger partial charge is 0.388 e. The zero-order valence-electron chi connectivity index (χ0n) is 19.5. The van der Waals surface area contributed by atoms with Crippen LogP contribution in [0.15, 0.2) is 29.2 Å². The molecule has 5 heteroatoms. The number of aliphatic hydroxyl groups is 1. The summed E-state index contributed by atoms with van der Waals surface area (Å²) in [6.07, 6.45) is 6.32. The van der Waals surface area contributed by atoms with Gasteiger partial charge in [0.15, 0.2) is 0 Å². The summed E-state index contributed by atoms with van der Waals surface area (Å²) in [5, 5.41) is 13.1. The van der Waals surface area contributed by atoms with Crippen LogP contribution in [-0.4, -0.2) is 25.7 Å². The highest BCUT2D eigenvalue weighted by atomic mass is 32.2. The minimum Gasteiger partial charge on any atom is -0.388 e. The third-order valence-corrected chi connectivity index (χ3v) is 15.0. The molecule has 0 aliphatic heterocycles. The van der Waals surface area contributed by atoms with E-state index < -0.39 is 15.7 Å². The molecule has 9 aliphatic carbocycles. The topological polar surface area (TPSA) is 63.6 Å². The third-order valence-electron chi connectivity index (χ3n) is 13.7. The molecular formula is C28H34O4S. The monoisotopic (exact) mass is 466 g/mol. The molecule has 0 unspecified atom stereocenters. The van der Waals surface area contributed by atoms with E-state index in [-0.39, 0.29) is 22.3 Å². The van der Waals surface area contributed by atoms with Gasteiger partial charge in [-0.25, -0.2) is 0 Å². The van der Waals surface area contributed by atoms with Crippen molar-refractivity contribution < 1.29 is 17.7 Å². The first-order valence-corrected chi connectivity index (χ1v) is 14.9. The molecule has 9 saturated carbocycles. The normalized spacial score (nSPS) is 61.7. The Labute approximate surface area is 196 Å². The van der Waals surface area contributed by atoms with Gasteiger partial charge in [-0.1, -0.05) is 31.0 Å². The summed E-state index contributed by atoms with van der Waals surface area (Å²) in [6, 6.07) is 7.02. The van der Waals surface area contributed by atoms with Crippen molar-refractivity contribution in [2.75, 3.05) is 6.61 Å². The Bertz CT molecular complexity index is 1210. The van der Waals surface area contributed by atoms with Gasteiger partial charge >= 0.3 is 0 Å². The fourth-order valence-electron chi connectivity index (χ4n) is 14.0. The van der Waals surface area contributed by atoms with E-state index >= 15 is 0 Å². The molecule has 9 aliphatic rings. The number of hydrogen-bond acceptors (Lipinski definition) is 4. The van der Waals surface area contributed by atoms with Crippen LogP contribution in [0.5, 0.6) is 0 Å². The van der Waals surface area contributed by atoms with Crippen LogP contribution in [-0.2, 0) is 14.3 Å². The average Bonchev–Trinajstić information content (AvgIpc) is 3.55. The molecule has 0 spiro atoms. The zero-order valence-corrected chi connectivity index (χ0v) is 20.3. The maximum absolute atomic E-state index is 13.4. The predicted octanol–water partition coefficient (Wildman–Crippen LogP) is 4.26. The summed E-state index contributed by atoms with van der Waals surface area (Å²) < 4.78 is 32.8. The van der Waals surface area contributed by atoms with Gasteiger partial charge in [0.25, 0.3) is 10.1 Å². The van der Waals surface area contributed by atoms with E-state index in [9.17, 15) is 13.5 Å². The van der Waals surface area contributed by atoms with Crippen LogP contribution in [0.3, 0.4) is 0 Å². The summed E-state index contributed by atoms with van der Waals surface area (Å²) >= 11 is 0. The van der Waals surface area contributed by atoms with Gasteiger partial charge in [0, 0.05) is 10.8 Å². The summed E-state index contributed by atoms with van der Waals surface area (Å²) in [5.41, 5.74) is -0.0802. The molecule has 1 aromatic carbocycles. The maximum Gasteiger partial charge on any atom is 0.296 e. The lowest BCUT2D eigenvalue weighted by Crippen LogP contribution is -2.71. The van der Waals surface area contributed by atoms with Gasteiger partial charge in [0.2, 0.25) is 0 Å². The number of aryl methyl sites for hydroxylation is 1. The van der Waals surface area contributed by atoms with Crippen molar-refractivity contribution in [3.05, 3.63) is 29.8 Å². The highest BCUT2D eigenvalue weighted by molar-refractivity contribution is 7.86. The zero-order chi connectivity index (χ0) is 22.3. The fraction of sp³-hybridized carbons (Fsp3) is 0.786. The Balaban J connectivity index is 1.22. The summed E-state index contributed by atoms with van der Waals surface area (Å²) in [5.74, 6) is 6.98. The van der Waals surface area contributed by atoms with Crippen LogP contribution in [0, 0.1) is 82.9 Å². The molecule has 9 bridgehead atoms. The lowest BCUT2D eigenvalue weighted by atomic mass is 9.43. The second kappa shape index (κ2) is 5.27. The van der Waals surface area contributed by atoms with Crippen LogP contribution in [0.25, 0.3) is 0 Å². The molecule has 10 rings (SSSR count). The van der Waals surface area contributed by atoms with E-state index in [1.165, 1.54) is 25.7 Å². The smallest absolute Gasteiger partial charge is 0.296 e. The molecular weight excluding hydrogens is 432 g/mol. The molecule has 1 aromatic rings. The summed E-state index contributed by atoms with van der Waals surface area (Å²) in [6.45, 7) is 4.64. The van der Waals surface area contributed by atoms with Gasteiger partial charge < -0.3 is 5.11 Å². The van der Waals surface area contributed by atoms with Crippen molar-refractivity contribution in [2.24, 2.45) is 75.9 Å². The lowest BCUT2D eigenvalue weighted by Gasteiger charge is -2.64. The Kier molecular flexibility index (Phi) is 3.08. The van der Waals surface area contributed by atoms with Crippen molar-refractivity contribution in [1.29, 1.82) is 0 Å². The second-order valence-electron chi connectivity index (χ2n) is 13.6. The standard InChI is InChI=1S/C28H34O4S/c1-13-6-8-14(9-7-13)33(30,31)32-12-27-23-16-5-3-4-15(16)22-20(23)21-24(27)17-10-11-18-19(17)25(21)26(22,2)28(18,27)29/h6-9,15-25,29H,3-5,10-12H2,1-2H3/t15-,16+,17+,18+,19+,20-,21+,22+,23-,24-,25-,26+,27-,28-/m0/s1. The van der Waals surface area contributed by atoms with E-state index in [0.717, 1.165) is 29.7 Å². The van der Waals surface area contributed by atoms with Gasteiger partial charge in [-0.3, -0.25) is 4.18 Å². The minimum atomic E-state index is -3.85. The molecule has 14 atom stereocenters. The number of rotatable bonds is 4. The Hall–Kier alpha value is -0.910. The minimum absolute atomic E-state index is 0.0272. The van der Waals surface area contributed by atoms with Crippen LogP contribution in [0.1, 0.15) is 44.6 Å². The highest BCUT2D eigenvalue weighted by Gasteiger charge is 2.99. The van der Waals surface area contributed by atoms with Crippen LogP contribution in [0.4, 0.5) is 0 Å². The average molecular weight is 467 g/mol. The molecule has 0 radical (unpaired) electrons. The first-order valence-electron chi connectivity index (χ1n) is 13.5. The van der Waals surface area contributed by atoms with E-state index in [1.54, 1.807) is 12.1 Å². The SMILES string of the molecule is Cc1ccc(S(=O)(=O)OC[C@@]23[C@H]4[C@@H]5CC[C@@H]6[C@@H]5[C@H]5[C@@H]4[C@H]4[C@@H]([C@H]7CCC[C@H]7[C@@H]42)[C@@]5(C)[C@@]63O)cc1. The van der Waals surface area contributed by atoms with Crippen molar-refractivity contribution >= 4 is 10.1 Å². The second-order valence-corrected chi connectivity index (χ2v) is 15.2. The molecule has 4 nitrogen and oxygen atoms in total. The summed E-state index contributed by atoms with van der Waals surface area (Å²) in [4.78, 5) is 0.250. The van der Waals surface area contributed by atoms with Crippen molar-refractivity contribution in [3.63, 3.8) is 0 Å². The van der Waals surface area contributed by atoms with Gasteiger partial charge in [-0.05, 0) is 110 Å². The molecule has 176 valence electrons. The lowest BCUT2D eigenvalue weighted by molar-refractivity contribution is -0.268. The van der Waals surface area contributed by atoms with Crippen LogP contribution < -0.4 is 0 Å². The fourth-order valence-corrected chi connectivity index (χ4v) is 14.9. The van der Waals surface area contributed by atoms with E-state index in [4.69, 9.17) is 4.18 Å². The number of fused-ring (bicyclic) bond motifs is 1. The summed E-state index contributed by atoms with van der Waals surface area (Å²) in [7, 11) is -3.85. The van der Waals surface area contributed by atoms with Crippen LogP contribution in [0.2, 0.25) is 0 Å². The first kappa shape index (κ1) is 19.3. The van der Waals surface area contributed by atoms with E-state index in [1.807, 2.05) is 19.1 Å². The third kappa shape index (κ3) is 1.58. The number of benzene rings is 1. The predicted molar refractivity (Wildman–Crippen MR) is 121 cm³/mol. The highest BCUT2D eigenvalue weighted by Crippen LogP contribution is 2.98. The van der Waals surface area contributed by atoms with Crippen molar-refractivity contribution in [3.8, 4) is 0 Å². The molecule has 0 amide bonds. The van der Waals surface area contributed by atoms with Crippen molar-refractivity contribution in [1.82, 2.24) is 0 Å². The molecule has 0 aromatic heterocycles. The first-order chi connectivity index (χ1) is 15.8. The Morgan fingerprint density at radius 1 is 0.909 bits per heavy atom. The molecule has 0 heterocycles. The Morgan fingerprint density at radius 3 is 2.33 bits per heavy atom. The van der Waals surface area contributed by atoms with Crippen molar-refractivity contribution in [2.45, 2.75) is 56.4 Å². The quantitative estimate of drug-likeness (QED) is 0.674. The molecule has 0 saturated heterocycles. The van der Waals surface area contributed by atoms with Gasteiger partial charge in [-0.2, -0.15) is 8.42 Å². The number of hydrogen-bond donors (Lipinski definition) is 1. The van der Waals surface area contributed by atoms with E-state index in [0.29, 0.717) is 47.3 Å². The Morgan fingerprint density at radius 2 is 1.58 bits per heavy atom. The van der Waals surface area contributed by atoms with Gasteiger partial charge in [-0.15, -0.1) is 0 Å².